The lowest BCUT2D eigenvalue weighted by atomic mass is 10.0. The van der Waals surface area contributed by atoms with E-state index in [2.05, 4.69) is 103 Å². The number of hydrogen-bond acceptors (Lipinski definition) is 2. The summed E-state index contributed by atoms with van der Waals surface area (Å²) in [6, 6.07) is 34.0. The molecule has 3 heteroatoms. The van der Waals surface area contributed by atoms with Crippen LogP contribution in [0.3, 0.4) is 0 Å². The smallest absolute Gasteiger partial charge is 0.149 e. The molecule has 0 aliphatic carbocycles. The van der Waals surface area contributed by atoms with Gasteiger partial charge in [-0.05, 0) is 59.4 Å². The average molecular weight is 443 g/mol. The van der Waals surface area contributed by atoms with Crippen molar-refractivity contribution < 1.29 is 4.42 Å². The highest BCUT2D eigenvalue weighted by molar-refractivity contribution is 5.95. The van der Waals surface area contributed by atoms with E-state index in [1.165, 1.54) is 16.7 Å². The van der Waals surface area contributed by atoms with Crippen molar-refractivity contribution in [3.63, 3.8) is 0 Å². The van der Waals surface area contributed by atoms with Gasteiger partial charge in [0.25, 0.3) is 0 Å². The second-order valence-corrected chi connectivity index (χ2v) is 9.25. The molecule has 0 fully saturated rings. The summed E-state index contributed by atoms with van der Waals surface area (Å²) in [6.07, 6.45) is 2.89. The van der Waals surface area contributed by atoms with Crippen LogP contribution < -0.4 is 0 Å². The topological polar surface area (TPSA) is 31.0 Å². The molecule has 4 aromatic carbocycles. The molecule has 6 rings (SSSR count). The molecule has 166 valence electrons. The molecule has 2 heterocycles. The molecule has 0 amide bonds. The number of para-hydroxylation sites is 2. The molecule has 0 aliphatic rings. The Balaban J connectivity index is 1.50. The maximum absolute atomic E-state index is 6.04. The van der Waals surface area contributed by atoms with Crippen LogP contribution in [0.15, 0.2) is 108 Å². The fraction of sp³-hybridized carbons (Fsp3) is 0.129. The molecule has 0 bridgehead atoms. The Labute approximate surface area is 199 Å². The van der Waals surface area contributed by atoms with Gasteiger partial charge in [0.05, 0.1) is 16.6 Å². The Morgan fingerprint density at radius 1 is 0.794 bits per heavy atom. The van der Waals surface area contributed by atoms with Gasteiger partial charge in [-0.1, -0.05) is 80.6 Å². The van der Waals surface area contributed by atoms with Gasteiger partial charge in [0, 0.05) is 11.1 Å². The summed E-state index contributed by atoms with van der Waals surface area (Å²) in [7, 11) is 0. The zero-order valence-electron chi connectivity index (χ0n) is 19.4. The van der Waals surface area contributed by atoms with Gasteiger partial charge < -0.3 is 4.42 Å². The molecule has 6 aromatic rings. The summed E-state index contributed by atoms with van der Waals surface area (Å²) in [6.45, 7) is 4.48. The van der Waals surface area contributed by atoms with E-state index in [9.17, 15) is 0 Å². The first-order valence-corrected chi connectivity index (χ1v) is 11.8. The fourth-order valence-electron chi connectivity index (χ4n) is 4.75. The van der Waals surface area contributed by atoms with Gasteiger partial charge in [0.1, 0.15) is 17.7 Å². The lowest BCUT2D eigenvalue weighted by Gasteiger charge is -2.10. The van der Waals surface area contributed by atoms with Crippen molar-refractivity contribution in [1.82, 2.24) is 9.55 Å². The number of nitrogens with zero attached hydrogens (tertiary/aromatic N) is 2. The van der Waals surface area contributed by atoms with E-state index in [0.717, 1.165) is 45.5 Å². The Kier molecular flexibility index (Phi) is 5.03. The molecule has 3 nitrogen and oxygen atoms in total. The van der Waals surface area contributed by atoms with Crippen LogP contribution in [0.1, 0.15) is 19.4 Å². The Morgan fingerprint density at radius 3 is 2.32 bits per heavy atom. The first kappa shape index (κ1) is 20.5. The molecule has 0 saturated carbocycles. The largest absolute Gasteiger partial charge is 0.464 e. The first-order chi connectivity index (χ1) is 16.7. The predicted octanol–water partition coefficient (Wildman–Crippen LogP) is 8.30. The monoisotopic (exact) mass is 442 g/mol. The maximum Gasteiger partial charge on any atom is 0.149 e. The number of aromatic nitrogens is 2. The van der Waals surface area contributed by atoms with E-state index < -0.39 is 0 Å². The molecular weight excluding hydrogens is 416 g/mol. The highest BCUT2D eigenvalue weighted by atomic mass is 16.3. The molecule has 0 spiro atoms. The number of rotatable bonds is 5. The number of benzene rings is 4. The molecule has 0 unspecified atom stereocenters. The van der Waals surface area contributed by atoms with Gasteiger partial charge in [-0.3, -0.25) is 4.57 Å². The van der Waals surface area contributed by atoms with Crippen molar-refractivity contribution in [1.29, 1.82) is 0 Å². The Hall–Kier alpha value is -4.11. The van der Waals surface area contributed by atoms with Gasteiger partial charge >= 0.3 is 0 Å². The summed E-state index contributed by atoms with van der Waals surface area (Å²) in [5.74, 6) is 1.50. The van der Waals surface area contributed by atoms with Gasteiger partial charge in [-0.2, -0.15) is 0 Å². The van der Waals surface area contributed by atoms with Crippen molar-refractivity contribution in [2.24, 2.45) is 5.92 Å². The van der Waals surface area contributed by atoms with E-state index in [4.69, 9.17) is 9.40 Å². The number of fused-ring (bicyclic) bond motifs is 2. The minimum Gasteiger partial charge on any atom is -0.464 e. The second kappa shape index (κ2) is 8.35. The number of imidazole rings is 1. The summed E-state index contributed by atoms with van der Waals surface area (Å²) in [5, 5.41) is 1.09. The van der Waals surface area contributed by atoms with Gasteiger partial charge in [-0.15, -0.1) is 0 Å². The summed E-state index contributed by atoms with van der Waals surface area (Å²) in [4.78, 5) is 5.04. The summed E-state index contributed by atoms with van der Waals surface area (Å²) < 4.78 is 8.27. The third kappa shape index (κ3) is 3.60. The second-order valence-electron chi connectivity index (χ2n) is 9.25. The SMILES string of the molecule is CC(C)Cc1ccc2c(-c3nc4ccccc4n3-c3ccc(-c4ccccc4)cc3)coc2c1. The van der Waals surface area contributed by atoms with E-state index >= 15 is 0 Å². The lowest BCUT2D eigenvalue weighted by molar-refractivity contribution is 0.613. The highest BCUT2D eigenvalue weighted by Crippen LogP contribution is 2.35. The maximum atomic E-state index is 6.04. The highest BCUT2D eigenvalue weighted by Gasteiger charge is 2.18. The molecule has 0 saturated heterocycles. The molecular formula is C31H26N2O. The molecule has 2 aromatic heterocycles. The standard InChI is InChI=1S/C31H26N2O/c1-21(2)18-22-12-17-26-27(20-34-30(26)19-22)31-32-28-10-6-7-11-29(28)33(31)25-15-13-24(14-16-25)23-8-4-3-5-9-23/h3-17,19-21H,18H2,1-2H3. The third-order valence-corrected chi connectivity index (χ3v) is 6.32. The summed E-state index contributed by atoms with van der Waals surface area (Å²) in [5.41, 5.74) is 8.75. The molecule has 0 aliphatic heterocycles. The molecule has 34 heavy (non-hydrogen) atoms. The zero-order valence-corrected chi connectivity index (χ0v) is 19.4. The molecule has 0 N–H and O–H groups in total. The van der Waals surface area contributed by atoms with Crippen LogP contribution in [0, 0.1) is 5.92 Å². The van der Waals surface area contributed by atoms with Crippen LogP contribution in [-0.4, -0.2) is 9.55 Å². The van der Waals surface area contributed by atoms with Crippen molar-refractivity contribution in [3.8, 4) is 28.2 Å². The molecule has 0 radical (unpaired) electrons. The van der Waals surface area contributed by atoms with Crippen LogP contribution in [0.25, 0.3) is 50.2 Å². The van der Waals surface area contributed by atoms with E-state index in [0.29, 0.717) is 5.92 Å². The normalized spacial score (nSPS) is 11.6. The first-order valence-electron chi connectivity index (χ1n) is 11.8. The van der Waals surface area contributed by atoms with Gasteiger partial charge in [0.2, 0.25) is 0 Å². The van der Waals surface area contributed by atoms with Gasteiger partial charge in [0.15, 0.2) is 0 Å². The number of hydrogen-bond donors (Lipinski definition) is 0. The summed E-state index contributed by atoms with van der Waals surface area (Å²) >= 11 is 0. The van der Waals surface area contributed by atoms with Crippen LogP contribution in [0.4, 0.5) is 0 Å². The van der Waals surface area contributed by atoms with Crippen LogP contribution in [0.5, 0.6) is 0 Å². The lowest BCUT2D eigenvalue weighted by Crippen LogP contribution is -1.97. The average Bonchev–Trinajstić information content (AvgIpc) is 3.45. The van der Waals surface area contributed by atoms with Crippen molar-refractivity contribution in [2.45, 2.75) is 20.3 Å². The van der Waals surface area contributed by atoms with Crippen molar-refractivity contribution in [2.75, 3.05) is 0 Å². The zero-order chi connectivity index (χ0) is 23.1. The van der Waals surface area contributed by atoms with Crippen molar-refractivity contribution >= 4 is 22.0 Å². The van der Waals surface area contributed by atoms with E-state index in [1.54, 1.807) is 0 Å². The van der Waals surface area contributed by atoms with Crippen LogP contribution in [-0.2, 0) is 6.42 Å². The van der Waals surface area contributed by atoms with E-state index in [-0.39, 0.29) is 0 Å². The minimum absolute atomic E-state index is 0.606. The Bertz CT molecular complexity index is 1590. The minimum atomic E-state index is 0.606. The molecule has 0 atom stereocenters. The third-order valence-electron chi connectivity index (χ3n) is 6.32. The number of furan rings is 1. The quantitative estimate of drug-likeness (QED) is 0.269. The van der Waals surface area contributed by atoms with Crippen LogP contribution in [0.2, 0.25) is 0 Å². The van der Waals surface area contributed by atoms with Gasteiger partial charge in [-0.25, -0.2) is 4.98 Å². The predicted molar refractivity (Wildman–Crippen MR) is 140 cm³/mol. The van der Waals surface area contributed by atoms with E-state index in [1.807, 2.05) is 18.4 Å². The van der Waals surface area contributed by atoms with Crippen LogP contribution >= 0.6 is 0 Å². The fourth-order valence-corrected chi connectivity index (χ4v) is 4.75. The Morgan fingerprint density at radius 2 is 1.53 bits per heavy atom. The van der Waals surface area contributed by atoms with Crippen molar-refractivity contribution in [3.05, 3.63) is 109 Å².